The standard InChI is InChI=1S/C17H20BrN3O3S2/c1-3-19-17(25)20-13-6-8-14(9-7-13)21-26(22,23)16-11-12(18)5-10-15(16)24-4-2/h5-11,21H,3-4H2,1-2H3,(H2,19,20,25). The molecule has 6 nitrogen and oxygen atoms in total. The molecule has 2 aromatic carbocycles. The van der Waals surface area contributed by atoms with Crippen LogP contribution in [0.5, 0.6) is 5.75 Å². The average molecular weight is 458 g/mol. The van der Waals surface area contributed by atoms with Gasteiger partial charge < -0.3 is 15.4 Å². The molecule has 2 rings (SSSR count). The first kappa shape index (κ1) is 20.5. The van der Waals surface area contributed by atoms with E-state index in [1.807, 2.05) is 6.92 Å². The Hall–Kier alpha value is -1.84. The van der Waals surface area contributed by atoms with Gasteiger partial charge in [0.05, 0.1) is 6.61 Å². The lowest BCUT2D eigenvalue weighted by Gasteiger charge is -2.14. The van der Waals surface area contributed by atoms with Crippen molar-refractivity contribution in [3.05, 3.63) is 46.9 Å². The lowest BCUT2D eigenvalue weighted by molar-refractivity contribution is 0.331. The number of halogens is 1. The van der Waals surface area contributed by atoms with Crippen molar-refractivity contribution >= 4 is 54.7 Å². The molecule has 26 heavy (non-hydrogen) atoms. The van der Waals surface area contributed by atoms with Crippen LogP contribution in [0.25, 0.3) is 0 Å². The van der Waals surface area contributed by atoms with Gasteiger partial charge in [-0.2, -0.15) is 0 Å². The average Bonchev–Trinajstić information content (AvgIpc) is 2.58. The Balaban J connectivity index is 2.19. The maximum Gasteiger partial charge on any atom is 0.265 e. The maximum atomic E-state index is 12.7. The molecule has 0 radical (unpaired) electrons. The normalized spacial score (nSPS) is 10.9. The number of hydrogen-bond donors (Lipinski definition) is 3. The Morgan fingerprint density at radius 3 is 2.38 bits per heavy atom. The molecule has 0 heterocycles. The number of rotatable bonds is 7. The summed E-state index contributed by atoms with van der Waals surface area (Å²) < 4.78 is 34.1. The summed E-state index contributed by atoms with van der Waals surface area (Å²) in [4.78, 5) is 0.0734. The number of nitrogens with one attached hydrogen (secondary N) is 3. The van der Waals surface area contributed by atoms with Crippen LogP contribution >= 0.6 is 28.1 Å². The summed E-state index contributed by atoms with van der Waals surface area (Å²) in [5, 5.41) is 6.51. The largest absolute Gasteiger partial charge is 0.492 e. The molecule has 0 saturated carbocycles. The fourth-order valence-electron chi connectivity index (χ4n) is 2.13. The molecular weight excluding hydrogens is 438 g/mol. The van der Waals surface area contributed by atoms with Gasteiger partial charge in [0.2, 0.25) is 0 Å². The van der Waals surface area contributed by atoms with Crippen LogP contribution in [0.2, 0.25) is 0 Å². The molecule has 0 aliphatic rings. The molecule has 0 spiro atoms. The molecule has 2 aromatic rings. The molecule has 0 amide bonds. The van der Waals surface area contributed by atoms with E-state index in [0.29, 0.717) is 27.6 Å². The van der Waals surface area contributed by atoms with Crippen molar-refractivity contribution in [3.8, 4) is 5.75 Å². The summed E-state index contributed by atoms with van der Waals surface area (Å²) in [5.74, 6) is 0.303. The van der Waals surface area contributed by atoms with Gasteiger partial charge in [-0.05, 0) is 68.5 Å². The van der Waals surface area contributed by atoms with Crippen LogP contribution in [0, 0.1) is 0 Å². The van der Waals surface area contributed by atoms with Gasteiger partial charge in [-0.1, -0.05) is 15.9 Å². The van der Waals surface area contributed by atoms with Gasteiger partial charge in [0.15, 0.2) is 5.11 Å². The molecule has 0 aliphatic carbocycles. The van der Waals surface area contributed by atoms with E-state index >= 15 is 0 Å². The number of hydrogen-bond acceptors (Lipinski definition) is 4. The minimum Gasteiger partial charge on any atom is -0.492 e. The van der Waals surface area contributed by atoms with Crippen molar-refractivity contribution in [2.75, 3.05) is 23.2 Å². The van der Waals surface area contributed by atoms with E-state index in [1.165, 1.54) is 6.07 Å². The molecule has 140 valence electrons. The van der Waals surface area contributed by atoms with Crippen LogP contribution in [0.15, 0.2) is 51.8 Å². The minimum absolute atomic E-state index is 0.0734. The monoisotopic (exact) mass is 457 g/mol. The van der Waals surface area contributed by atoms with Crippen LogP contribution in [0.1, 0.15) is 13.8 Å². The van der Waals surface area contributed by atoms with Crippen LogP contribution in [0.3, 0.4) is 0 Å². The van der Waals surface area contributed by atoms with Gasteiger partial charge in [0.1, 0.15) is 10.6 Å². The van der Waals surface area contributed by atoms with Crippen LogP contribution in [-0.4, -0.2) is 26.7 Å². The Bertz CT molecular complexity index is 871. The van der Waals surface area contributed by atoms with E-state index in [2.05, 4.69) is 31.3 Å². The van der Waals surface area contributed by atoms with E-state index in [-0.39, 0.29) is 4.90 Å². The van der Waals surface area contributed by atoms with Crippen LogP contribution in [0.4, 0.5) is 11.4 Å². The van der Waals surface area contributed by atoms with E-state index in [0.717, 1.165) is 12.2 Å². The highest BCUT2D eigenvalue weighted by atomic mass is 79.9. The zero-order valence-electron chi connectivity index (χ0n) is 14.4. The maximum absolute atomic E-state index is 12.7. The Morgan fingerprint density at radius 1 is 1.12 bits per heavy atom. The molecule has 0 fully saturated rings. The van der Waals surface area contributed by atoms with Crippen molar-refractivity contribution < 1.29 is 13.2 Å². The highest BCUT2D eigenvalue weighted by Crippen LogP contribution is 2.29. The second-order valence-corrected chi connectivity index (χ2v) is 8.17. The Kier molecular flexibility index (Phi) is 7.24. The van der Waals surface area contributed by atoms with E-state index in [4.69, 9.17) is 17.0 Å². The van der Waals surface area contributed by atoms with Gasteiger partial charge in [0, 0.05) is 22.4 Å². The van der Waals surface area contributed by atoms with Crippen molar-refractivity contribution in [1.82, 2.24) is 5.32 Å². The number of anilines is 2. The predicted molar refractivity (Wildman–Crippen MR) is 112 cm³/mol. The Morgan fingerprint density at radius 2 is 1.77 bits per heavy atom. The third kappa shape index (κ3) is 5.58. The molecule has 0 bridgehead atoms. The molecular formula is C17H20BrN3O3S2. The number of ether oxygens (including phenoxy) is 1. The summed E-state index contributed by atoms with van der Waals surface area (Å²) >= 11 is 8.42. The number of thiocarbonyl (C=S) groups is 1. The summed E-state index contributed by atoms with van der Waals surface area (Å²) in [6.07, 6.45) is 0. The third-order valence-electron chi connectivity index (χ3n) is 3.23. The summed E-state index contributed by atoms with van der Waals surface area (Å²) in [5.41, 5.74) is 1.20. The molecule has 3 N–H and O–H groups in total. The number of benzene rings is 2. The molecule has 0 aromatic heterocycles. The first-order valence-corrected chi connectivity index (χ1v) is 10.6. The summed E-state index contributed by atoms with van der Waals surface area (Å²) in [6, 6.07) is 11.7. The van der Waals surface area contributed by atoms with Gasteiger partial charge in [-0.25, -0.2) is 8.42 Å². The highest BCUT2D eigenvalue weighted by Gasteiger charge is 2.20. The molecule has 0 saturated heterocycles. The highest BCUT2D eigenvalue weighted by molar-refractivity contribution is 9.10. The van der Waals surface area contributed by atoms with E-state index in [9.17, 15) is 8.42 Å². The lowest BCUT2D eigenvalue weighted by Crippen LogP contribution is -2.27. The third-order valence-corrected chi connectivity index (χ3v) is 5.37. The zero-order chi connectivity index (χ0) is 19.2. The van der Waals surface area contributed by atoms with E-state index < -0.39 is 10.0 Å². The summed E-state index contributed by atoms with van der Waals surface area (Å²) in [7, 11) is -3.80. The van der Waals surface area contributed by atoms with Gasteiger partial charge in [-0.15, -0.1) is 0 Å². The minimum atomic E-state index is -3.80. The van der Waals surface area contributed by atoms with Crippen molar-refractivity contribution in [3.63, 3.8) is 0 Å². The predicted octanol–water partition coefficient (Wildman–Crippen LogP) is 3.95. The van der Waals surface area contributed by atoms with Crippen LogP contribution < -0.4 is 20.1 Å². The second-order valence-electron chi connectivity index (χ2n) is 5.19. The first-order chi connectivity index (χ1) is 12.4. The van der Waals surface area contributed by atoms with Gasteiger partial charge in [0.25, 0.3) is 10.0 Å². The zero-order valence-corrected chi connectivity index (χ0v) is 17.6. The SMILES string of the molecule is CCNC(=S)Nc1ccc(NS(=O)(=O)c2cc(Br)ccc2OCC)cc1. The molecule has 0 atom stereocenters. The first-order valence-electron chi connectivity index (χ1n) is 7.95. The quantitative estimate of drug-likeness (QED) is 0.546. The fraction of sp³-hybridized carbons (Fsp3) is 0.235. The fourth-order valence-corrected chi connectivity index (χ4v) is 4.14. The Labute approximate surface area is 167 Å². The van der Waals surface area contributed by atoms with Crippen molar-refractivity contribution in [1.29, 1.82) is 0 Å². The molecule has 9 heteroatoms. The number of sulfonamides is 1. The summed E-state index contributed by atoms with van der Waals surface area (Å²) in [6.45, 7) is 4.84. The van der Waals surface area contributed by atoms with Crippen molar-refractivity contribution in [2.45, 2.75) is 18.7 Å². The van der Waals surface area contributed by atoms with Gasteiger partial charge >= 0.3 is 0 Å². The second kappa shape index (κ2) is 9.20. The molecule has 0 unspecified atom stereocenters. The van der Waals surface area contributed by atoms with Crippen LogP contribution in [-0.2, 0) is 10.0 Å². The topological polar surface area (TPSA) is 79.5 Å². The molecule has 0 aliphatic heterocycles. The van der Waals surface area contributed by atoms with Gasteiger partial charge in [-0.3, -0.25) is 4.72 Å². The lowest BCUT2D eigenvalue weighted by atomic mass is 10.3. The smallest absolute Gasteiger partial charge is 0.265 e. The van der Waals surface area contributed by atoms with Crippen molar-refractivity contribution in [2.24, 2.45) is 0 Å². The van der Waals surface area contributed by atoms with E-state index in [1.54, 1.807) is 43.3 Å².